The third kappa shape index (κ3) is 3.41. The number of carbonyl (C=O) groups is 1. The van der Waals surface area contributed by atoms with Crippen molar-refractivity contribution in [1.29, 1.82) is 0 Å². The zero-order valence-corrected chi connectivity index (χ0v) is 13.2. The lowest BCUT2D eigenvalue weighted by Crippen LogP contribution is -2.58. The summed E-state index contributed by atoms with van der Waals surface area (Å²) in [5.74, 6) is 1.04. The second-order valence-corrected chi connectivity index (χ2v) is 6.68. The van der Waals surface area contributed by atoms with E-state index in [2.05, 4.69) is 15.1 Å². The zero-order valence-electron chi connectivity index (χ0n) is 13.2. The first kappa shape index (κ1) is 15.3. The molecule has 0 aromatic heterocycles. The van der Waals surface area contributed by atoms with E-state index in [9.17, 15) is 4.79 Å². The summed E-state index contributed by atoms with van der Waals surface area (Å²) >= 11 is 0. The van der Waals surface area contributed by atoms with Crippen molar-refractivity contribution in [2.24, 2.45) is 5.92 Å². The summed E-state index contributed by atoms with van der Waals surface area (Å²) in [6, 6.07) is 1.19. The molecule has 0 saturated carbocycles. The molecule has 21 heavy (non-hydrogen) atoms. The van der Waals surface area contributed by atoms with Crippen LogP contribution in [0.4, 0.5) is 0 Å². The van der Waals surface area contributed by atoms with Crippen molar-refractivity contribution >= 4 is 5.91 Å². The van der Waals surface area contributed by atoms with Gasteiger partial charge in [-0.05, 0) is 38.6 Å². The first-order valence-electron chi connectivity index (χ1n) is 8.55. The smallest absolute Gasteiger partial charge is 0.222 e. The van der Waals surface area contributed by atoms with Gasteiger partial charge in [0.1, 0.15) is 0 Å². The molecule has 0 aliphatic carbocycles. The van der Waals surface area contributed by atoms with E-state index < -0.39 is 0 Å². The first-order chi connectivity index (χ1) is 10.3. The molecule has 120 valence electrons. The molecule has 1 amide bonds. The number of carbonyl (C=O) groups excluding carboxylic acids is 1. The molecule has 3 heterocycles. The Morgan fingerprint density at radius 2 is 2.05 bits per heavy atom. The Bertz CT molecular complexity index is 357. The van der Waals surface area contributed by atoms with Crippen molar-refractivity contribution in [3.8, 4) is 0 Å². The highest BCUT2D eigenvalue weighted by Gasteiger charge is 2.40. The van der Waals surface area contributed by atoms with Gasteiger partial charge >= 0.3 is 0 Å². The fourth-order valence-electron chi connectivity index (χ4n) is 4.28. The van der Waals surface area contributed by atoms with Crippen LogP contribution in [0.3, 0.4) is 0 Å². The van der Waals surface area contributed by atoms with Crippen LogP contribution in [0.15, 0.2) is 0 Å². The Hall–Kier alpha value is -0.650. The number of fused-ring (bicyclic) bond motifs is 1. The number of nitrogens with one attached hydrogen (secondary N) is 1. The number of likely N-dealkylation sites (tertiary alicyclic amines) is 2. The fraction of sp³-hybridized carbons (Fsp3) is 0.938. The molecule has 3 aliphatic heterocycles. The van der Waals surface area contributed by atoms with Gasteiger partial charge in [-0.2, -0.15) is 0 Å². The summed E-state index contributed by atoms with van der Waals surface area (Å²) in [6.07, 6.45) is 5.34. The number of nitrogens with zero attached hydrogens (tertiary/aromatic N) is 2. The van der Waals surface area contributed by atoms with Gasteiger partial charge in [0.25, 0.3) is 0 Å². The van der Waals surface area contributed by atoms with Gasteiger partial charge in [0.15, 0.2) is 0 Å². The van der Waals surface area contributed by atoms with E-state index in [0.29, 0.717) is 23.9 Å². The summed E-state index contributed by atoms with van der Waals surface area (Å²) in [7, 11) is 1.96. The van der Waals surface area contributed by atoms with Crippen LogP contribution in [0.1, 0.15) is 32.1 Å². The van der Waals surface area contributed by atoms with Crippen LogP contribution in [0.2, 0.25) is 0 Å². The van der Waals surface area contributed by atoms with Gasteiger partial charge in [-0.15, -0.1) is 0 Å². The predicted octanol–water partition coefficient (Wildman–Crippen LogP) is 0.698. The Morgan fingerprint density at radius 1 is 1.24 bits per heavy atom. The molecule has 5 nitrogen and oxygen atoms in total. The van der Waals surface area contributed by atoms with Crippen LogP contribution in [0.25, 0.3) is 0 Å². The summed E-state index contributed by atoms with van der Waals surface area (Å²) in [5.41, 5.74) is 0. The maximum absolute atomic E-state index is 12.2. The molecule has 3 aliphatic rings. The maximum atomic E-state index is 12.2. The Balaban J connectivity index is 1.59. The van der Waals surface area contributed by atoms with Gasteiger partial charge in [-0.25, -0.2) is 0 Å². The average molecular weight is 295 g/mol. The van der Waals surface area contributed by atoms with E-state index >= 15 is 0 Å². The third-order valence-corrected chi connectivity index (χ3v) is 5.48. The van der Waals surface area contributed by atoms with Crippen molar-refractivity contribution in [3.63, 3.8) is 0 Å². The van der Waals surface area contributed by atoms with Crippen molar-refractivity contribution in [1.82, 2.24) is 15.1 Å². The van der Waals surface area contributed by atoms with Crippen LogP contribution < -0.4 is 5.32 Å². The van der Waals surface area contributed by atoms with E-state index in [0.717, 1.165) is 52.1 Å². The molecule has 3 saturated heterocycles. The number of amides is 1. The standard InChI is InChI=1S/C16H29N3O2/c1-17-7-9-19-15-4-8-18(14-5-10-21-11-6-14)12-13(15)2-3-16(19)20/h13-15,17H,2-12H2,1H3/t13-,15+/m0/s1. The molecule has 3 rings (SSSR count). The van der Waals surface area contributed by atoms with E-state index in [-0.39, 0.29) is 0 Å². The maximum Gasteiger partial charge on any atom is 0.222 e. The van der Waals surface area contributed by atoms with Gasteiger partial charge in [0, 0.05) is 57.9 Å². The highest BCUT2D eigenvalue weighted by Crippen LogP contribution is 2.33. The minimum atomic E-state index is 0.367. The predicted molar refractivity (Wildman–Crippen MR) is 82.2 cm³/mol. The molecular weight excluding hydrogens is 266 g/mol. The summed E-state index contributed by atoms with van der Waals surface area (Å²) in [4.78, 5) is 17.0. The second kappa shape index (κ2) is 7.07. The summed E-state index contributed by atoms with van der Waals surface area (Å²) in [5, 5.41) is 3.17. The molecule has 0 spiro atoms. The minimum Gasteiger partial charge on any atom is -0.381 e. The van der Waals surface area contributed by atoms with Crippen LogP contribution in [0.5, 0.6) is 0 Å². The molecule has 5 heteroatoms. The lowest BCUT2D eigenvalue weighted by molar-refractivity contribution is -0.141. The van der Waals surface area contributed by atoms with E-state index in [1.807, 2.05) is 7.05 Å². The van der Waals surface area contributed by atoms with Crippen molar-refractivity contribution in [3.05, 3.63) is 0 Å². The molecule has 2 atom stereocenters. The number of ether oxygens (including phenoxy) is 1. The van der Waals surface area contributed by atoms with Crippen LogP contribution in [-0.2, 0) is 9.53 Å². The molecular formula is C16H29N3O2. The van der Waals surface area contributed by atoms with Crippen LogP contribution >= 0.6 is 0 Å². The molecule has 0 aromatic carbocycles. The normalized spacial score (nSPS) is 32.2. The van der Waals surface area contributed by atoms with Gasteiger partial charge in [-0.1, -0.05) is 0 Å². The highest BCUT2D eigenvalue weighted by atomic mass is 16.5. The van der Waals surface area contributed by atoms with Gasteiger partial charge in [0.2, 0.25) is 5.91 Å². The van der Waals surface area contributed by atoms with Gasteiger partial charge in [-0.3, -0.25) is 9.69 Å². The molecule has 0 unspecified atom stereocenters. The number of hydrogen-bond donors (Lipinski definition) is 1. The second-order valence-electron chi connectivity index (χ2n) is 6.68. The number of rotatable bonds is 4. The monoisotopic (exact) mass is 295 g/mol. The van der Waals surface area contributed by atoms with Crippen molar-refractivity contribution < 1.29 is 9.53 Å². The summed E-state index contributed by atoms with van der Waals surface area (Å²) < 4.78 is 5.49. The SMILES string of the molecule is CNCCN1C(=O)CC[C@H]2CN(C3CCOCC3)CC[C@H]21. The Kier molecular flexibility index (Phi) is 5.14. The van der Waals surface area contributed by atoms with Gasteiger partial charge < -0.3 is 15.0 Å². The zero-order chi connectivity index (χ0) is 14.7. The Labute approximate surface area is 128 Å². The van der Waals surface area contributed by atoms with Crippen molar-refractivity contribution in [2.75, 3.05) is 46.4 Å². The average Bonchev–Trinajstić information content (AvgIpc) is 2.54. The minimum absolute atomic E-state index is 0.367. The molecule has 0 bridgehead atoms. The third-order valence-electron chi connectivity index (χ3n) is 5.48. The van der Waals surface area contributed by atoms with Crippen LogP contribution in [-0.4, -0.2) is 74.2 Å². The van der Waals surface area contributed by atoms with Crippen molar-refractivity contribution in [2.45, 2.75) is 44.2 Å². The quantitative estimate of drug-likeness (QED) is 0.829. The van der Waals surface area contributed by atoms with E-state index in [4.69, 9.17) is 4.74 Å². The summed E-state index contributed by atoms with van der Waals surface area (Å²) in [6.45, 7) is 5.93. The lowest BCUT2D eigenvalue weighted by atomic mass is 9.82. The molecule has 0 aromatic rings. The molecule has 1 N–H and O–H groups in total. The van der Waals surface area contributed by atoms with E-state index in [1.54, 1.807) is 0 Å². The first-order valence-corrected chi connectivity index (χ1v) is 8.55. The molecule has 3 fully saturated rings. The van der Waals surface area contributed by atoms with E-state index in [1.165, 1.54) is 19.4 Å². The largest absolute Gasteiger partial charge is 0.381 e. The highest BCUT2D eigenvalue weighted by molar-refractivity contribution is 5.77. The number of hydrogen-bond acceptors (Lipinski definition) is 4. The fourth-order valence-corrected chi connectivity index (χ4v) is 4.28. The van der Waals surface area contributed by atoms with Crippen LogP contribution in [0, 0.1) is 5.92 Å². The number of piperidine rings is 2. The lowest BCUT2D eigenvalue weighted by Gasteiger charge is -2.49. The number of likely N-dealkylation sites (N-methyl/N-ethyl adjacent to an activating group) is 1. The topological polar surface area (TPSA) is 44.8 Å². The van der Waals surface area contributed by atoms with Gasteiger partial charge in [0.05, 0.1) is 0 Å². The Morgan fingerprint density at radius 3 is 2.81 bits per heavy atom. The molecule has 0 radical (unpaired) electrons.